The number of aryl methyl sites for hydroxylation is 2. The summed E-state index contributed by atoms with van der Waals surface area (Å²) < 4.78 is 13.2. The van der Waals surface area contributed by atoms with Crippen LogP contribution >= 0.6 is 0 Å². The maximum absolute atomic E-state index is 5.59. The summed E-state index contributed by atoms with van der Waals surface area (Å²) >= 11 is 0. The third kappa shape index (κ3) is 2.33. The summed E-state index contributed by atoms with van der Waals surface area (Å²) in [6.07, 6.45) is 4.19. The molecule has 2 aromatic rings. The van der Waals surface area contributed by atoms with Gasteiger partial charge in [-0.05, 0) is 25.8 Å². The van der Waals surface area contributed by atoms with Crippen LogP contribution in [0, 0.1) is 0 Å². The molecule has 0 aliphatic carbocycles. The monoisotopic (exact) mass is 275 g/mol. The quantitative estimate of drug-likeness (QED) is 0.823. The number of fused-ring (bicyclic) bond motifs is 2. The highest BCUT2D eigenvalue weighted by molar-refractivity contribution is 5.81. The Morgan fingerprint density at radius 1 is 1.25 bits per heavy atom. The Morgan fingerprint density at radius 2 is 2.05 bits per heavy atom. The normalized spacial score (nSPS) is 13.3. The Labute approximate surface area is 118 Å². The summed E-state index contributed by atoms with van der Waals surface area (Å²) in [6, 6.07) is 4.03. The molecule has 5 heteroatoms. The fraction of sp³-hybridized carbons (Fsp3) is 0.533. The van der Waals surface area contributed by atoms with Crippen molar-refractivity contribution in [2.24, 2.45) is 5.73 Å². The van der Waals surface area contributed by atoms with Gasteiger partial charge in [0.2, 0.25) is 6.79 Å². The Kier molecular flexibility index (Phi) is 3.78. The average molecular weight is 275 g/mol. The molecule has 5 nitrogen and oxygen atoms in total. The fourth-order valence-corrected chi connectivity index (χ4v) is 2.64. The van der Waals surface area contributed by atoms with E-state index in [9.17, 15) is 0 Å². The maximum atomic E-state index is 5.59. The summed E-state index contributed by atoms with van der Waals surface area (Å²) in [5, 5.41) is 0. The number of aromatic nitrogens is 2. The van der Waals surface area contributed by atoms with Gasteiger partial charge in [0.25, 0.3) is 0 Å². The molecule has 2 N–H and O–H groups in total. The highest BCUT2D eigenvalue weighted by Crippen LogP contribution is 2.36. The average Bonchev–Trinajstić information content (AvgIpc) is 3.02. The molecule has 20 heavy (non-hydrogen) atoms. The molecule has 3 rings (SSSR count). The van der Waals surface area contributed by atoms with Crippen LogP contribution in [0.2, 0.25) is 0 Å². The van der Waals surface area contributed by atoms with Crippen molar-refractivity contribution >= 4 is 11.0 Å². The van der Waals surface area contributed by atoms with Gasteiger partial charge in [0, 0.05) is 25.1 Å². The van der Waals surface area contributed by atoms with Crippen LogP contribution in [0.4, 0.5) is 0 Å². The highest BCUT2D eigenvalue weighted by atomic mass is 16.7. The molecular weight excluding hydrogens is 254 g/mol. The Morgan fingerprint density at radius 3 is 2.80 bits per heavy atom. The third-order valence-electron chi connectivity index (χ3n) is 3.63. The minimum absolute atomic E-state index is 0.303. The smallest absolute Gasteiger partial charge is 0.231 e. The lowest BCUT2D eigenvalue weighted by atomic mass is 10.2. The van der Waals surface area contributed by atoms with Gasteiger partial charge in [-0.3, -0.25) is 0 Å². The molecule has 1 aromatic carbocycles. The summed E-state index contributed by atoms with van der Waals surface area (Å²) in [5.74, 6) is 2.76. The molecule has 1 aliphatic rings. The minimum atomic E-state index is 0.303. The Hall–Kier alpha value is -1.75. The van der Waals surface area contributed by atoms with Crippen LogP contribution in [-0.4, -0.2) is 22.9 Å². The molecule has 0 atom stereocenters. The Balaban J connectivity index is 2.00. The summed E-state index contributed by atoms with van der Waals surface area (Å²) in [5.41, 5.74) is 7.71. The maximum Gasteiger partial charge on any atom is 0.231 e. The predicted molar refractivity (Wildman–Crippen MR) is 78.1 cm³/mol. The van der Waals surface area contributed by atoms with Gasteiger partial charge < -0.3 is 19.8 Å². The number of nitrogens with zero attached hydrogens (tertiary/aromatic N) is 2. The SMILES string of the molecule is CCCc1nc2cc3c(cc2n1CCCCN)OCO3. The van der Waals surface area contributed by atoms with E-state index in [4.69, 9.17) is 20.2 Å². The zero-order valence-corrected chi connectivity index (χ0v) is 11.9. The zero-order valence-electron chi connectivity index (χ0n) is 11.9. The summed E-state index contributed by atoms with van der Waals surface area (Å²) in [6.45, 7) is 4.18. The second kappa shape index (κ2) is 5.71. The zero-order chi connectivity index (χ0) is 13.9. The number of nitrogens with two attached hydrogens (primary N) is 1. The number of benzene rings is 1. The van der Waals surface area contributed by atoms with Gasteiger partial charge >= 0.3 is 0 Å². The molecule has 0 amide bonds. The third-order valence-corrected chi connectivity index (χ3v) is 3.63. The number of hydrogen-bond donors (Lipinski definition) is 1. The van der Waals surface area contributed by atoms with Gasteiger partial charge in [-0.2, -0.15) is 0 Å². The summed E-state index contributed by atoms with van der Waals surface area (Å²) in [4.78, 5) is 4.75. The van der Waals surface area contributed by atoms with Crippen molar-refractivity contribution in [3.63, 3.8) is 0 Å². The van der Waals surface area contributed by atoms with E-state index in [-0.39, 0.29) is 0 Å². The van der Waals surface area contributed by atoms with E-state index < -0.39 is 0 Å². The van der Waals surface area contributed by atoms with Gasteiger partial charge in [-0.15, -0.1) is 0 Å². The number of ether oxygens (including phenoxy) is 2. The highest BCUT2D eigenvalue weighted by Gasteiger charge is 2.18. The number of unbranched alkanes of at least 4 members (excludes halogenated alkanes) is 1. The largest absolute Gasteiger partial charge is 0.454 e. The Bertz CT molecular complexity index is 607. The van der Waals surface area contributed by atoms with Gasteiger partial charge in [0.1, 0.15) is 5.82 Å². The van der Waals surface area contributed by atoms with E-state index in [0.29, 0.717) is 6.79 Å². The van der Waals surface area contributed by atoms with Crippen LogP contribution in [0.3, 0.4) is 0 Å². The van der Waals surface area contributed by atoms with Crippen molar-refractivity contribution in [1.29, 1.82) is 0 Å². The molecule has 0 spiro atoms. The second-order valence-electron chi connectivity index (χ2n) is 5.12. The minimum Gasteiger partial charge on any atom is -0.454 e. The standard InChI is InChI=1S/C15H21N3O2/c1-2-5-15-17-11-8-13-14(20-10-19-13)9-12(11)18(15)7-4-3-6-16/h8-9H,2-7,10,16H2,1H3. The van der Waals surface area contributed by atoms with E-state index >= 15 is 0 Å². The molecule has 0 radical (unpaired) electrons. The van der Waals surface area contributed by atoms with Gasteiger partial charge in [0.15, 0.2) is 11.5 Å². The van der Waals surface area contributed by atoms with Crippen molar-refractivity contribution in [2.45, 2.75) is 39.2 Å². The van der Waals surface area contributed by atoms with E-state index in [1.165, 1.54) is 0 Å². The molecule has 1 aliphatic heterocycles. The summed E-state index contributed by atoms with van der Waals surface area (Å²) in [7, 11) is 0. The van der Waals surface area contributed by atoms with E-state index in [1.807, 2.05) is 12.1 Å². The van der Waals surface area contributed by atoms with Crippen molar-refractivity contribution in [3.05, 3.63) is 18.0 Å². The first-order chi connectivity index (χ1) is 9.83. The molecular formula is C15H21N3O2. The van der Waals surface area contributed by atoms with Crippen LogP contribution in [0.1, 0.15) is 32.0 Å². The fourth-order valence-electron chi connectivity index (χ4n) is 2.64. The molecule has 0 saturated carbocycles. The van der Waals surface area contributed by atoms with Crippen LogP contribution in [0.25, 0.3) is 11.0 Å². The van der Waals surface area contributed by atoms with Gasteiger partial charge in [-0.1, -0.05) is 6.92 Å². The van der Waals surface area contributed by atoms with E-state index in [1.54, 1.807) is 0 Å². The first-order valence-electron chi connectivity index (χ1n) is 7.32. The first kappa shape index (κ1) is 13.2. The van der Waals surface area contributed by atoms with Crippen LogP contribution in [0.15, 0.2) is 12.1 Å². The lowest BCUT2D eigenvalue weighted by molar-refractivity contribution is 0.174. The van der Waals surface area contributed by atoms with Crippen LogP contribution in [0.5, 0.6) is 11.5 Å². The molecule has 0 fully saturated rings. The van der Waals surface area contributed by atoms with Crippen molar-refractivity contribution in [3.8, 4) is 11.5 Å². The lowest BCUT2D eigenvalue weighted by Crippen LogP contribution is -2.06. The molecule has 0 bridgehead atoms. The topological polar surface area (TPSA) is 62.3 Å². The number of imidazole rings is 1. The van der Waals surface area contributed by atoms with Crippen LogP contribution in [-0.2, 0) is 13.0 Å². The number of hydrogen-bond acceptors (Lipinski definition) is 4. The van der Waals surface area contributed by atoms with Gasteiger partial charge in [0.05, 0.1) is 11.0 Å². The molecule has 0 saturated heterocycles. The van der Waals surface area contributed by atoms with Crippen molar-refractivity contribution in [2.75, 3.05) is 13.3 Å². The van der Waals surface area contributed by atoms with Crippen LogP contribution < -0.4 is 15.2 Å². The molecule has 0 unspecified atom stereocenters. The lowest BCUT2D eigenvalue weighted by Gasteiger charge is -2.08. The second-order valence-corrected chi connectivity index (χ2v) is 5.12. The van der Waals surface area contributed by atoms with Crippen molar-refractivity contribution < 1.29 is 9.47 Å². The van der Waals surface area contributed by atoms with Crippen molar-refractivity contribution in [1.82, 2.24) is 9.55 Å². The molecule has 1 aromatic heterocycles. The van der Waals surface area contributed by atoms with E-state index in [2.05, 4.69) is 11.5 Å². The predicted octanol–water partition coefficient (Wildman–Crippen LogP) is 2.46. The number of rotatable bonds is 6. The molecule has 108 valence electrons. The molecule has 2 heterocycles. The van der Waals surface area contributed by atoms with Gasteiger partial charge in [-0.25, -0.2) is 4.98 Å². The van der Waals surface area contributed by atoms with E-state index in [0.717, 1.165) is 67.1 Å². The first-order valence-corrected chi connectivity index (χ1v) is 7.32.